The lowest BCUT2D eigenvalue weighted by atomic mass is 9.86. The predicted octanol–water partition coefficient (Wildman–Crippen LogP) is 1.25. The molecule has 0 spiro atoms. The van der Waals surface area contributed by atoms with Gasteiger partial charge >= 0.3 is 0 Å². The molecule has 0 atom stereocenters. The molecule has 0 bridgehead atoms. The number of nitrogens with zero attached hydrogens (tertiary/aromatic N) is 2. The summed E-state index contributed by atoms with van der Waals surface area (Å²) in [5.41, 5.74) is 1.06. The minimum absolute atomic E-state index is 0.00176. The molecule has 0 aromatic heterocycles. The van der Waals surface area contributed by atoms with Crippen LogP contribution in [0.1, 0.15) is 26.3 Å². The van der Waals surface area contributed by atoms with Gasteiger partial charge in [0.1, 0.15) is 5.75 Å². The van der Waals surface area contributed by atoms with Crippen LogP contribution in [0.3, 0.4) is 0 Å². The van der Waals surface area contributed by atoms with Crippen molar-refractivity contribution >= 4 is 11.8 Å². The summed E-state index contributed by atoms with van der Waals surface area (Å²) in [6.07, 6.45) is 0. The van der Waals surface area contributed by atoms with Crippen molar-refractivity contribution in [2.75, 3.05) is 46.4 Å². The molecule has 1 saturated heterocycles. The van der Waals surface area contributed by atoms with Gasteiger partial charge in [-0.05, 0) is 17.0 Å². The molecule has 1 aromatic carbocycles. The zero-order valence-electron chi connectivity index (χ0n) is 15.7. The van der Waals surface area contributed by atoms with Crippen molar-refractivity contribution in [1.82, 2.24) is 15.1 Å². The fourth-order valence-electron chi connectivity index (χ4n) is 2.88. The third kappa shape index (κ3) is 5.46. The molecule has 2 rings (SSSR count). The second-order valence-corrected chi connectivity index (χ2v) is 7.36. The second-order valence-electron chi connectivity index (χ2n) is 7.36. The number of carbonyl (C=O) groups is 2. The molecule has 0 radical (unpaired) electrons. The molecule has 1 aromatic rings. The highest BCUT2D eigenvalue weighted by atomic mass is 16.5. The quantitative estimate of drug-likeness (QED) is 0.871. The Morgan fingerprint density at radius 3 is 2.36 bits per heavy atom. The molecule has 1 heterocycles. The molecular weight excluding hydrogens is 318 g/mol. The van der Waals surface area contributed by atoms with Crippen LogP contribution < -0.4 is 10.1 Å². The number of hydrogen-bond donors (Lipinski definition) is 1. The van der Waals surface area contributed by atoms with Crippen molar-refractivity contribution < 1.29 is 14.3 Å². The monoisotopic (exact) mass is 347 g/mol. The molecule has 6 nitrogen and oxygen atoms in total. The normalized spacial score (nSPS) is 15.8. The van der Waals surface area contributed by atoms with Gasteiger partial charge in [-0.2, -0.15) is 0 Å². The zero-order chi connectivity index (χ0) is 18.4. The standard InChI is InChI=1S/C19H29N3O3/c1-19(2,3)15-7-5-6-8-16(15)25-14-18(24)22-11-9-21(10-12-22)13-17(23)20-4/h5-8H,9-14H2,1-4H3,(H,20,23). The Labute approximate surface area is 150 Å². The van der Waals surface area contributed by atoms with Crippen LogP contribution in [0, 0.1) is 0 Å². The van der Waals surface area contributed by atoms with Gasteiger partial charge in [-0.1, -0.05) is 39.0 Å². The smallest absolute Gasteiger partial charge is 0.260 e. The number of piperazine rings is 1. The largest absolute Gasteiger partial charge is 0.483 e. The minimum atomic E-state index is -0.0366. The van der Waals surface area contributed by atoms with Crippen LogP contribution in [0.4, 0.5) is 0 Å². The number of para-hydroxylation sites is 1. The highest BCUT2D eigenvalue weighted by Gasteiger charge is 2.23. The molecular formula is C19H29N3O3. The first kappa shape index (κ1) is 19.2. The van der Waals surface area contributed by atoms with Crippen molar-refractivity contribution in [2.45, 2.75) is 26.2 Å². The number of hydrogen-bond acceptors (Lipinski definition) is 4. The maximum absolute atomic E-state index is 12.4. The van der Waals surface area contributed by atoms with Gasteiger partial charge in [0.25, 0.3) is 5.91 Å². The molecule has 2 amide bonds. The van der Waals surface area contributed by atoms with Gasteiger partial charge < -0.3 is 15.0 Å². The van der Waals surface area contributed by atoms with Crippen LogP contribution in [0.25, 0.3) is 0 Å². The maximum Gasteiger partial charge on any atom is 0.260 e. The Balaban J connectivity index is 1.85. The first-order chi connectivity index (χ1) is 11.8. The molecule has 0 saturated carbocycles. The number of likely N-dealkylation sites (N-methyl/N-ethyl adjacent to an activating group) is 1. The van der Waals surface area contributed by atoms with Crippen LogP contribution in [0.2, 0.25) is 0 Å². The Kier molecular flexibility index (Phi) is 6.42. The summed E-state index contributed by atoms with van der Waals surface area (Å²) in [5, 5.41) is 2.62. The number of nitrogens with one attached hydrogen (secondary N) is 1. The summed E-state index contributed by atoms with van der Waals surface area (Å²) >= 11 is 0. The van der Waals surface area contributed by atoms with Crippen LogP contribution >= 0.6 is 0 Å². The summed E-state index contributed by atoms with van der Waals surface area (Å²) in [4.78, 5) is 27.7. The van der Waals surface area contributed by atoms with Gasteiger partial charge in [0.05, 0.1) is 6.54 Å². The van der Waals surface area contributed by atoms with E-state index >= 15 is 0 Å². The average molecular weight is 347 g/mol. The Morgan fingerprint density at radius 1 is 1.12 bits per heavy atom. The van der Waals surface area contributed by atoms with Crippen LogP contribution in [-0.4, -0.2) is 68.0 Å². The Hall–Kier alpha value is -2.08. The summed E-state index contributed by atoms with van der Waals surface area (Å²) < 4.78 is 5.82. The van der Waals surface area contributed by atoms with E-state index < -0.39 is 0 Å². The number of rotatable bonds is 5. The SMILES string of the molecule is CNC(=O)CN1CCN(C(=O)COc2ccccc2C(C)(C)C)CC1. The number of carbonyl (C=O) groups excluding carboxylic acids is 2. The van der Waals surface area contributed by atoms with Gasteiger partial charge in [0, 0.05) is 33.2 Å². The molecule has 1 aliphatic heterocycles. The Bertz CT molecular complexity index is 602. The van der Waals surface area contributed by atoms with Crippen molar-refractivity contribution in [1.29, 1.82) is 0 Å². The van der Waals surface area contributed by atoms with Crippen molar-refractivity contribution in [2.24, 2.45) is 0 Å². The zero-order valence-corrected chi connectivity index (χ0v) is 15.7. The molecule has 6 heteroatoms. The molecule has 0 aliphatic carbocycles. The molecule has 138 valence electrons. The lowest BCUT2D eigenvalue weighted by Crippen LogP contribution is -2.51. The first-order valence-corrected chi connectivity index (χ1v) is 8.74. The highest BCUT2D eigenvalue weighted by Crippen LogP contribution is 2.30. The van der Waals surface area contributed by atoms with Gasteiger partial charge in [-0.3, -0.25) is 14.5 Å². The van der Waals surface area contributed by atoms with Gasteiger partial charge in [0.15, 0.2) is 6.61 Å². The summed E-state index contributed by atoms with van der Waals surface area (Å²) in [7, 11) is 1.63. The third-order valence-electron chi connectivity index (χ3n) is 4.42. The summed E-state index contributed by atoms with van der Waals surface area (Å²) in [6, 6.07) is 7.86. The van der Waals surface area contributed by atoms with Crippen molar-refractivity contribution in [3.8, 4) is 5.75 Å². The van der Waals surface area contributed by atoms with Crippen molar-refractivity contribution in [3.05, 3.63) is 29.8 Å². The summed E-state index contributed by atoms with van der Waals surface area (Å²) in [6.45, 7) is 9.47. The fraction of sp³-hybridized carbons (Fsp3) is 0.579. The van der Waals surface area contributed by atoms with Gasteiger partial charge in [-0.25, -0.2) is 0 Å². The fourth-order valence-corrected chi connectivity index (χ4v) is 2.88. The minimum Gasteiger partial charge on any atom is -0.483 e. The molecule has 0 unspecified atom stereocenters. The number of ether oxygens (including phenoxy) is 1. The van der Waals surface area contributed by atoms with E-state index in [1.165, 1.54) is 0 Å². The predicted molar refractivity (Wildman–Crippen MR) is 97.7 cm³/mol. The van der Waals surface area contributed by atoms with Crippen molar-refractivity contribution in [3.63, 3.8) is 0 Å². The topological polar surface area (TPSA) is 61.9 Å². The second kappa shape index (κ2) is 8.34. The first-order valence-electron chi connectivity index (χ1n) is 8.74. The van der Waals surface area contributed by atoms with E-state index in [2.05, 4.69) is 31.0 Å². The average Bonchev–Trinajstić information content (AvgIpc) is 2.59. The van der Waals surface area contributed by atoms with Crippen LogP contribution in [0.15, 0.2) is 24.3 Å². The van der Waals surface area contributed by atoms with E-state index in [0.717, 1.165) is 11.3 Å². The van der Waals surface area contributed by atoms with E-state index in [1.54, 1.807) is 11.9 Å². The molecule has 1 fully saturated rings. The van der Waals surface area contributed by atoms with E-state index in [1.807, 2.05) is 24.3 Å². The van der Waals surface area contributed by atoms with Crippen LogP contribution in [-0.2, 0) is 15.0 Å². The third-order valence-corrected chi connectivity index (χ3v) is 4.42. The van der Waals surface area contributed by atoms with Crippen LogP contribution in [0.5, 0.6) is 5.75 Å². The Morgan fingerprint density at radius 2 is 1.76 bits per heavy atom. The number of benzene rings is 1. The lowest BCUT2D eigenvalue weighted by Gasteiger charge is -2.34. The number of amides is 2. The molecule has 1 N–H and O–H groups in total. The maximum atomic E-state index is 12.4. The van der Waals surface area contributed by atoms with Gasteiger partial charge in [-0.15, -0.1) is 0 Å². The van der Waals surface area contributed by atoms with E-state index in [-0.39, 0.29) is 23.8 Å². The van der Waals surface area contributed by atoms with E-state index in [9.17, 15) is 9.59 Å². The molecule has 25 heavy (non-hydrogen) atoms. The lowest BCUT2D eigenvalue weighted by molar-refractivity contribution is -0.135. The van der Waals surface area contributed by atoms with E-state index in [0.29, 0.717) is 32.7 Å². The highest BCUT2D eigenvalue weighted by molar-refractivity contribution is 5.78. The van der Waals surface area contributed by atoms with E-state index in [4.69, 9.17) is 4.74 Å². The molecule has 1 aliphatic rings. The summed E-state index contributed by atoms with van der Waals surface area (Å²) in [5.74, 6) is 0.756. The van der Waals surface area contributed by atoms with Gasteiger partial charge in [0.2, 0.25) is 5.91 Å².